The van der Waals surface area contributed by atoms with Gasteiger partial charge in [-0.1, -0.05) is 48.0 Å². The topological polar surface area (TPSA) is 81.7 Å². The van der Waals surface area contributed by atoms with Crippen LogP contribution in [0, 0.1) is 0 Å². The molecule has 0 heterocycles. The zero-order valence-electron chi connectivity index (χ0n) is 19.2. The number of ether oxygens (including phenoxy) is 2. The molecular weight excluding hydrogens is 474 g/mol. The second kappa shape index (κ2) is 12.0. The molecule has 6 nitrogen and oxygen atoms in total. The smallest absolute Gasteiger partial charge is 0.305 e. The average Bonchev–Trinajstić information content (AvgIpc) is 2.84. The SMILES string of the molecule is COC(=O)CCCc1ccc(C(Cc2ccc(OC)cc2)NS(=O)(=O)c2ccc(Cl)cc2)cc1. The molecule has 1 atom stereocenters. The van der Waals surface area contributed by atoms with Gasteiger partial charge in [-0.2, -0.15) is 0 Å². The van der Waals surface area contributed by atoms with Gasteiger partial charge in [-0.25, -0.2) is 13.1 Å². The van der Waals surface area contributed by atoms with Crippen LogP contribution in [0.4, 0.5) is 0 Å². The summed E-state index contributed by atoms with van der Waals surface area (Å²) in [6.07, 6.45) is 2.23. The zero-order chi connectivity index (χ0) is 24.6. The third-order valence-electron chi connectivity index (χ3n) is 5.48. The second-order valence-electron chi connectivity index (χ2n) is 7.85. The summed E-state index contributed by atoms with van der Waals surface area (Å²) < 4.78 is 38.9. The summed E-state index contributed by atoms with van der Waals surface area (Å²) in [7, 11) is -0.797. The maximum Gasteiger partial charge on any atom is 0.305 e. The Balaban J connectivity index is 1.82. The summed E-state index contributed by atoms with van der Waals surface area (Å²) in [5.74, 6) is 0.506. The molecule has 3 aromatic rings. The third kappa shape index (κ3) is 7.32. The molecule has 3 aromatic carbocycles. The molecule has 3 rings (SSSR count). The second-order valence-corrected chi connectivity index (χ2v) is 10.0. The molecule has 0 bridgehead atoms. The van der Waals surface area contributed by atoms with Crippen LogP contribution in [0.1, 0.15) is 35.6 Å². The van der Waals surface area contributed by atoms with Crippen molar-refractivity contribution in [3.8, 4) is 5.75 Å². The number of halogens is 1. The Morgan fingerprint density at radius 3 is 2.12 bits per heavy atom. The Morgan fingerprint density at radius 2 is 1.53 bits per heavy atom. The largest absolute Gasteiger partial charge is 0.497 e. The van der Waals surface area contributed by atoms with E-state index in [4.69, 9.17) is 16.3 Å². The van der Waals surface area contributed by atoms with Crippen LogP contribution in [0.15, 0.2) is 77.7 Å². The number of nitrogens with one attached hydrogen (secondary N) is 1. The molecule has 0 fully saturated rings. The number of benzene rings is 3. The Bertz CT molecular complexity index is 1180. The molecule has 0 saturated heterocycles. The van der Waals surface area contributed by atoms with Crippen LogP contribution in [0.2, 0.25) is 5.02 Å². The lowest BCUT2D eigenvalue weighted by Crippen LogP contribution is -2.30. The maximum atomic E-state index is 13.1. The molecule has 0 saturated carbocycles. The predicted octanol–water partition coefficient (Wildman–Crippen LogP) is 5.11. The van der Waals surface area contributed by atoms with E-state index in [-0.39, 0.29) is 10.9 Å². The van der Waals surface area contributed by atoms with Gasteiger partial charge in [0.1, 0.15) is 5.75 Å². The molecule has 0 spiro atoms. The molecular formula is C26H28ClNO5S. The first-order chi connectivity index (χ1) is 16.3. The predicted molar refractivity (Wildman–Crippen MR) is 133 cm³/mol. The molecule has 0 aliphatic heterocycles. The van der Waals surface area contributed by atoms with Gasteiger partial charge in [0, 0.05) is 11.4 Å². The molecule has 8 heteroatoms. The number of hydrogen-bond acceptors (Lipinski definition) is 5. The van der Waals surface area contributed by atoms with Gasteiger partial charge >= 0.3 is 5.97 Å². The van der Waals surface area contributed by atoms with Crippen molar-refractivity contribution in [3.05, 3.63) is 94.5 Å². The molecule has 1 N–H and O–H groups in total. The molecule has 0 radical (unpaired) electrons. The summed E-state index contributed by atoms with van der Waals surface area (Å²) in [4.78, 5) is 11.5. The number of carbonyl (C=O) groups is 1. The summed E-state index contributed by atoms with van der Waals surface area (Å²) in [6.45, 7) is 0. The van der Waals surface area contributed by atoms with Gasteiger partial charge < -0.3 is 9.47 Å². The van der Waals surface area contributed by atoms with Crippen LogP contribution in [-0.2, 0) is 32.4 Å². The van der Waals surface area contributed by atoms with Gasteiger partial charge in [0.25, 0.3) is 0 Å². The summed E-state index contributed by atoms with van der Waals surface area (Å²) in [5, 5.41) is 0.469. The van der Waals surface area contributed by atoms with E-state index in [9.17, 15) is 13.2 Å². The quantitative estimate of drug-likeness (QED) is 0.369. The van der Waals surface area contributed by atoms with Crippen molar-refractivity contribution >= 4 is 27.6 Å². The lowest BCUT2D eigenvalue weighted by Gasteiger charge is -2.20. The highest BCUT2D eigenvalue weighted by Gasteiger charge is 2.22. The Labute approximate surface area is 205 Å². The lowest BCUT2D eigenvalue weighted by molar-refractivity contribution is -0.140. The molecule has 0 amide bonds. The third-order valence-corrected chi connectivity index (χ3v) is 7.22. The summed E-state index contributed by atoms with van der Waals surface area (Å²) in [5.41, 5.74) is 2.87. The maximum absolute atomic E-state index is 13.1. The summed E-state index contributed by atoms with van der Waals surface area (Å²) in [6, 6.07) is 20.9. The van der Waals surface area contributed by atoms with Gasteiger partial charge in [0.2, 0.25) is 10.0 Å². The summed E-state index contributed by atoms with van der Waals surface area (Å²) >= 11 is 5.92. The fraction of sp³-hybridized carbons (Fsp3) is 0.269. The molecule has 180 valence electrons. The van der Waals surface area contributed by atoms with Gasteiger partial charge in [-0.3, -0.25) is 4.79 Å². The van der Waals surface area contributed by atoms with Gasteiger partial charge in [-0.05, 0) is 72.4 Å². The highest BCUT2D eigenvalue weighted by Crippen LogP contribution is 2.24. The minimum atomic E-state index is -3.78. The highest BCUT2D eigenvalue weighted by atomic mass is 35.5. The fourth-order valence-electron chi connectivity index (χ4n) is 3.55. The van der Waals surface area contributed by atoms with E-state index in [1.807, 2.05) is 48.5 Å². The van der Waals surface area contributed by atoms with Crippen molar-refractivity contribution in [2.45, 2.75) is 36.6 Å². The Morgan fingerprint density at radius 1 is 0.912 bits per heavy atom. The molecule has 1 unspecified atom stereocenters. The lowest BCUT2D eigenvalue weighted by atomic mass is 9.97. The molecule has 34 heavy (non-hydrogen) atoms. The Hall–Kier alpha value is -2.87. The average molecular weight is 502 g/mol. The number of rotatable bonds is 11. The monoisotopic (exact) mass is 501 g/mol. The number of hydrogen-bond donors (Lipinski definition) is 1. The fourth-order valence-corrected chi connectivity index (χ4v) is 4.90. The van der Waals surface area contributed by atoms with Crippen LogP contribution in [0.3, 0.4) is 0 Å². The minimum absolute atomic E-state index is 0.149. The van der Waals surface area contributed by atoms with Crippen LogP contribution in [0.25, 0.3) is 0 Å². The molecule has 0 aliphatic rings. The van der Waals surface area contributed by atoms with E-state index < -0.39 is 16.1 Å². The van der Waals surface area contributed by atoms with Crippen molar-refractivity contribution in [3.63, 3.8) is 0 Å². The van der Waals surface area contributed by atoms with Crippen LogP contribution >= 0.6 is 11.6 Å². The van der Waals surface area contributed by atoms with E-state index in [1.165, 1.54) is 19.2 Å². The molecule has 0 aromatic heterocycles. The van der Waals surface area contributed by atoms with Crippen LogP contribution < -0.4 is 9.46 Å². The minimum Gasteiger partial charge on any atom is -0.497 e. The van der Waals surface area contributed by atoms with Crippen molar-refractivity contribution in [2.24, 2.45) is 0 Å². The van der Waals surface area contributed by atoms with Crippen molar-refractivity contribution in [1.29, 1.82) is 0 Å². The normalized spacial score (nSPS) is 12.2. The van der Waals surface area contributed by atoms with E-state index in [1.54, 1.807) is 19.2 Å². The van der Waals surface area contributed by atoms with Gasteiger partial charge in [-0.15, -0.1) is 0 Å². The van der Waals surface area contributed by atoms with E-state index in [2.05, 4.69) is 9.46 Å². The number of aryl methyl sites for hydroxylation is 1. The van der Waals surface area contributed by atoms with E-state index in [0.29, 0.717) is 24.3 Å². The van der Waals surface area contributed by atoms with Gasteiger partial charge in [0.05, 0.1) is 25.2 Å². The van der Waals surface area contributed by atoms with Gasteiger partial charge in [0.15, 0.2) is 0 Å². The first-order valence-corrected chi connectivity index (χ1v) is 12.7. The van der Waals surface area contributed by atoms with Crippen LogP contribution in [0.5, 0.6) is 5.75 Å². The Kier molecular flexibility index (Phi) is 9.10. The standard InChI is InChI=1S/C26H28ClNO5S/c1-32-23-14-8-20(9-15-23)18-25(28-34(30,31)24-16-12-22(27)13-17-24)21-10-6-19(7-11-21)4-3-5-26(29)33-2/h6-17,25,28H,3-5,18H2,1-2H3. The number of esters is 1. The van der Waals surface area contributed by atoms with Crippen LogP contribution in [-0.4, -0.2) is 28.6 Å². The van der Waals surface area contributed by atoms with E-state index >= 15 is 0 Å². The first-order valence-electron chi connectivity index (χ1n) is 10.9. The van der Waals surface area contributed by atoms with Crippen molar-refractivity contribution in [1.82, 2.24) is 4.72 Å². The van der Waals surface area contributed by atoms with Crippen molar-refractivity contribution in [2.75, 3.05) is 14.2 Å². The van der Waals surface area contributed by atoms with Crippen molar-refractivity contribution < 1.29 is 22.7 Å². The molecule has 0 aliphatic carbocycles. The number of sulfonamides is 1. The number of methoxy groups -OCH3 is 2. The number of carbonyl (C=O) groups excluding carboxylic acids is 1. The van der Waals surface area contributed by atoms with E-state index in [0.717, 1.165) is 28.9 Å². The first kappa shape index (κ1) is 25.7. The highest BCUT2D eigenvalue weighted by molar-refractivity contribution is 7.89. The zero-order valence-corrected chi connectivity index (χ0v) is 20.7.